The summed E-state index contributed by atoms with van der Waals surface area (Å²) in [5, 5.41) is 12.0. The van der Waals surface area contributed by atoms with Crippen molar-refractivity contribution in [3.63, 3.8) is 0 Å². The maximum absolute atomic E-state index is 12.7. The molecule has 5 heteroatoms. The van der Waals surface area contributed by atoms with Gasteiger partial charge >= 0.3 is 5.97 Å². The second kappa shape index (κ2) is 6.89. The minimum absolute atomic E-state index is 0.0989. The van der Waals surface area contributed by atoms with Gasteiger partial charge in [0.2, 0.25) is 5.91 Å². The number of nitrogens with one attached hydrogen (secondary N) is 1. The molecule has 1 unspecified atom stereocenters. The van der Waals surface area contributed by atoms with Gasteiger partial charge in [0, 0.05) is 19.0 Å². The molecule has 0 bridgehead atoms. The van der Waals surface area contributed by atoms with E-state index in [0.29, 0.717) is 13.0 Å². The monoisotopic (exact) mass is 270 g/mol. The molecule has 0 radical (unpaired) electrons. The van der Waals surface area contributed by atoms with Crippen molar-refractivity contribution in [2.24, 2.45) is 0 Å². The number of rotatable bonds is 6. The largest absolute Gasteiger partial charge is 0.481 e. The van der Waals surface area contributed by atoms with E-state index in [-0.39, 0.29) is 18.4 Å². The van der Waals surface area contributed by atoms with Crippen molar-refractivity contribution in [3.8, 4) is 0 Å². The summed E-state index contributed by atoms with van der Waals surface area (Å²) in [4.78, 5) is 25.0. The van der Waals surface area contributed by atoms with Crippen molar-refractivity contribution in [2.45, 2.75) is 64.5 Å². The number of carboxylic acid groups (broad SMARTS) is 1. The van der Waals surface area contributed by atoms with Crippen LogP contribution < -0.4 is 5.32 Å². The van der Waals surface area contributed by atoms with Gasteiger partial charge in [-0.3, -0.25) is 9.59 Å². The van der Waals surface area contributed by atoms with Crippen molar-refractivity contribution in [3.05, 3.63) is 0 Å². The Hall–Kier alpha value is -1.10. The number of amides is 1. The van der Waals surface area contributed by atoms with Crippen molar-refractivity contribution < 1.29 is 14.7 Å². The minimum Gasteiger partial charge on any atom is -0.481 e. The second-order valence-electron chi connectivity index (χ2n) is 5.81. The van der Waals surface area contributed by atoms with Gasteiger partial charge in [0.1, 0.15) is 0 Å². The van der Waals surface area contributed by atoms with Crippen molar-refractivity contribution in [2.75, 3.05) is 13.1 Å². The van der Waals surface area contributed by atoms with Gasteiger partial charge in [-0.15, -0.1) is 0 Å². The molecule has 5 nitrogen and oxygen atoms in total. The third kappa shape index (κ3) is 4.49. The van der Waals surface area contributed by atoms with Crippen LogP contribution >= 0.6 is 0 Å². The van der Waals surface area contributed by atoms with E-state index in [1.54, 1.807) is 4.90 Å². The van der Waals surface area contributed by atoms with Crippen LogP contribution in [0.2, 0.25) is 0 Å². The maximum atomic E-state index is 12.7. The van der Waals surface area contributed by atoms with E-state index in [2.05, 4.69) is 5.32 Å². The number of piperidine rings is 1. The number of hydrogen-bond donors (Lipinski definition) is 2. The van der Waals surface area contributed by atoms with E-state index in [1.807, 2.05) is 20.8 Å². The lowest BCUT2D eigenvalue weighted by Crippen LogP contribution is -2.59. The fraction of sp³-hybridized carbons (Fsp3) is 0.857. The first-order chi connectivity index (χ1) is 8.87. The molecule has 1 amide bonds. The van der Waals surface area contributed by atoms with Crippen LogP contribution in [-0.2, 0) is 9.59 Å². The van der Waals surface area contributed by atoms with Crippen LogP contribution in [0.4, 0.5) is 0 Å². The summed E-state index contributed by atoms with van der Waals surface area (Å²) in [6.07, 6.45) is 3.66. The highest BCUT2D eigenvalue weighted by atomic mass is 16.4. The van der Waals surface area contributed by atoms with Crippen LogP contribution in [0.1, 0.15) is 52.9 Å². The molecule has 1 fully saturated rings. The molecule has 0 aromatic rings. The summed E-state index contributed by atoms with van der Waals surface area (Å²) in [6, 6.07) is 0.0989. The Morgan fingerprint density at radius 2 is 2.05 bits per heavy atom. The van der Waals surface area contributed by atoms with Gasteiger partial charge in [-0.1, -0.05) is 0 Å². The normalized spacial score (nSPS) is 23.4. The Morgan fingerprint density at radius 1 is 1.37 bits per heavy atom. The number of hydrogen-bond acceptors (Lipinski definition) is 3. The van der Waals surface area contributed by atoms with Crippen molar-refractivity contribution in [1.29, 1.82) is 0 Å². The number of nitrogens with zero attached hydrogens (tertiary/aromatic N) is 1. The summed E-state index contributed by atoms with van der Waals surface area (Å²) < 4.78 is 0. The third-order valence-electron chi connectivity index (χ3n) is 3.76. The molecule has 0 aromatic heterocycles. The second-order valence-corrected chi connectivity index (χ2v) is 5.81. The summed E-state index contributed by atoms with van der Waals surface area (Å²) in [5.74, 6) is -0.703. The summed E-state index contributed by atoms with van der Waals surface area (Å²) in [7, 11) is 0. The van der Waals surface area contributed by atoms with Crippen LogP contribution in [0.15, 0.2) is 0 Å². The highest BCUT2D eigenvalue weighted by Crippen LogP contribution is 2.22. The fourth-order valence-electron chi connectivity index (χ4n) is 2.55. The number of carbonyl (C=O) groups excluding carboxylic acids is 1. The van der Waals surface area contributed by atoms with E-state index in [4.69, 9.17) is 5.11 Å². The van der Waals surface area contributed by atoms with E-state index in [1.165, 1.54) is 0 Å². The molecule has 1 rings (SSSR count). The van der Waals surface area contributed by atoms with Gasteiger partial charge in [0.25, 0.3) is 0 Å². The molecule has 1 atom stereocenters. The van der Waals surface area contributed by atoms with Gasteiger partial charge in [-0.2, -0.15) is 0 Å². The van der Waals surface area contributed by atoms with E-state index >= 15 is 0 Å². The SMILES string of the molecule is CC(C)N(CCCC(=O)O)C(=O)C1(C)CCCCN1. The van der Waals surface area contributed by atoms with Crippen molar-refractivity contribution >= 4 is 11.9 Å². The standard InChI is InChI=1S/C14H26N2O3/c1-11(2)16(10-6-7-12(17)18)13(19)14(3)8-4-5-9-15-14/h11,15H,4-10H2,1-3H3,(H,17,18). The molecule has 1 aliphatic heterocycles. The molecular weight excluding hydrogens is 244 g/mol. The van der Waals surface area contributed by atoms with Crippen LogP contribution in [-0.4, -0.2) is 46.6 Å². The number of aliphatic carboxylic acids is 1. The smallest absolute Gasteiger partial charge is 0.303 e. The summed E-state index contributed by atoms with van der Waals surface area (Å²) >= 11 is 0. The molecule has 1 heterocycles. The van der Waals surface area contributed by atoms with Crippen LogP contribution in [0.3, 0.4) is 0 Å². The Balaban J connectivity index is 2.63. The quantitative estimate of drug-likeness (QED) is 0.769. The third-order valence-corrected chi connectivity index (χ3v) is 3.76. The number of carboxylic acids is 1. The lowest BCUT2D eigenvalue weighted by Gasteiger charge is -2.39. The van der Waals surface area contributed by atoms with Crippen molar-refractivity contribution in [1.82, 2.24) is 10.2 Å². The molecule has 0 spiro atoms. The Kier molecular flexibility index (Phi) is 5.79. The molecule has 0 aliphatic carbocycles. The molecule has 0 saturated carbocycles. The Bertz CT molecular complexity index is 323. The predicted octanol–water partition coefficient (Wildman–Crippen LogP) is 1.62. The maximum Gasteiger partial charge on any atom is 0.303 e. The number of carbonyl (C=O) groups is 2. The van der Waals surface area contributed by atoms with Gasteiger partial charge in [0.05, 0.1) is 5.54 Å². The van der Waals surface area contributed by atoms with Crippen LogP contribution in [0.5, 0.6) is 0 Å². The molecule has 110 valence electrons. The lowest BCUT2D eigenvalue weighted by atomic mass is 9.89. The van der Waals surface area contributed by atoms with Gasteiger partial charge in [-0.05, 0) is 53.0 Å². The Labute approximate surface area is 115 Å². The van der Waals surface area contributed by atoms with Gasteiger partial charge < -0.3 is 15.3 Å². The van der Waals surface area contributed by atoms with Gasteiger partial charge in [0.15, 0.2) is 0 Å². The van der Waals surface area contributed by atoms with E-state index < -0.39 is 11.5 Å². The lowest BCUT2D eigenvalue weighted by molar-refractivity contribution is -0.142. The highest BCUT2D eigenvalue weighted by Gasteiger charge is 2.38. The molecule has 1 saturated heterocycles. The first-order valence-corrected chi connectivity index (χ1v) is 7.15. The molecule has 2 N–H and O–H groups in total. The Morgan fingerprint density at radius 3 is 2.53 bits per heavy atom. The highest BCUT2D eigenvalue weighted by molar-refractivity contribution is 5.86. The zero-order valence-corrected chi connectivity index (χ0v) is 12.2. The molecule has 0 aromatic carbocycles. The predicted molar refractivity (Wildman–Crippen MR) is 74.0 cm³/mol. The van der Waals surface area contributed by atoms with Crippen LogP contribution in [0.25, 0.3) is 0 Å². The summed E-state index contributed by atoms with van der Waals surface area (Å²) in [5.41, 5.74) is -0.480. The van der Waals surface area contributed by atoms with Crippen LogP contribution in [0, 0.1) is 0 Å². The zero-order valence-electron chi connectivity index (χ0n) is 12.2. The topological polar surface area (TPSA) is 69.6 Å². The zero-order chi connectivity index (χ0) is 14.5. The average molecular weight is 270 g/mol. The first kappa shape index (κ1) is 16.0. The minimum atomic E-state index is -0.807. The first-order valence-electron chi connectivity index (χ1n) is 7.15. The van der Waals surface area contributed by atoms with E-state index in [0.717, 1.165) is 25.8 Å². The fourth-order valence-corrected chi connectivity index (χ4v) is 2.55. The van der Waals surface area contributed by atoms with Gasteiger partial charge in [-0.25, -0.2) is 0 Å². The van der Waals surface area contributed by atoms with E-state index in [9.17, 15) is 9.59 Å². The molecule has 19 heavy (non-hydrogen) atoms. The average Bonchev–Trinajstić information content (AvgIpc) is 2.34. The molecular formula is C14H26N2O3. The molecule has 1 aliphatic rings. The summed E-state index contributed by atoms with van der Waals surface area (Å²) in [6.45, 7) is 7.31.